The minimum absolute atomic E-state index is 0.0215. The van der Waals surface area contributed by atoms with E-state index < -0.39 is 0 Å². The van der Waals surface area contributed by atoms with Gasteiger partial charge in [-0.15, -0.1) is 0 Å². The van der Waals surface area contributed by atoms with E-state index in [2.05, 4.69) is 33.4 Å². The first-order valence-electron chi connectivity index (χ1n) is 5.80. The van der Waals surface area contributed by atoms with E-state index in [4.69, 9.17) is 0 Å². The second-order valence-electron chi connectivity index (χ2n) is 3.80. The number of hydrazone groups is 1. The lowest BCUT2D eigenvalue weighted by molar-refractivity contribution is -0.121. The molecule has 3 nitrogen and oxygen atoms in total. The smallest absolute Gasteiger partial charge is 0.240 e. The van der Waals surface area contributed by atoms with Gasteiger partial charge in [-0.2, -0.15) is 5.10 Å². The van der Waals surface area contributed by atoms with E-state index in [1.54, 1.807) is 6.21 Å². The van der Waals surface area contributed by atoms with E-state index in [9.17, 15) is 4.79 Å². The highest BCUT2D eigenvalue weighted by Crippen LogP contribution is 2.08. The van der Waals surface area contributed by atoms with Gasteiger partial charge in [0.15, 0.2) is 0 Å². The van der Waals surface area contributed by atoms with Crippen LogP contribution in [0.25, 0.3) is 0 Å². The summed E-state index contributed by atoms with van der Waals surface area (Å²) in [4.78, 5) is 11.3. The average molecular weight is 297 g/mol. The summed E-state index contributed by atoms with van der Waals surface area (Å²) in [5, 5.41) is 3.91. The molecule has 0 heterocycles. The van der Waals surface area contributed by atoms with Crippen LogP contribution in [0.1, 0.15) is 38.2 Å². The lowest BCUT2D eigenvalue weighted by Gasteiger charge is -1.98. The fraction of sp³-hybridized carbons (Fsp3) is 0.385. The monoisotopic (exact) mass is 296 g/mol. The van der Waals surface area contributed by atoms with E-state index in [1.807, 2.05) is 24.3 Å². The maximum absolute atomic E-state index is 11.3. The van der Waals surface area contributed by atoms with E-state index in [1.165, 1.54) is 0 Å². The molecule has 0 atom stereocenters. The molecule has 0 aliphatic carbocycles. The molecule has 0 spiro atoms. The SMILES string of the molecule is CCCCCC(=O)NN=Cc1ccc(Br)cc1. The van der Waals surface area contributed by atoms with Crippen molar-refractivity contribution in [1.82, 2.24) is 5.43 Å². The Morgan fingerprint density at radius 3 is 2.71 bits per heavy atom. The summed E-state index contributed by atoms with van der Waals surface area (Å²) in [5.74, 6) is -0.0215. The summed E-state index contributed by atoms with van der Waals surface area (Å²) in [5.41, 5.74) is 3.48. The van der Waals surface area contributed by atoms with Gasteiger partial charge in [0.2, 0.25) is 5.91 Å². The summed E-state index contributed by atoms with van der Waals surface area (Å²) < 4.78 is 1.03. The van der Waals surface area contributed by atoms with Crippen molar-refractivity contribution >= 4 is 28.1 Å². The van der Waals surface area contributed by atoms with Crippen LogP contribution in [0.4, 0.5) is 0 Å². The zero-order valence-corrected chi connectivity index (χ0v) is 11.5. The molecular formula is C13H17BrN2O. The quantitative estimate of drug-likeness (QED) is 0.487. The largest absolute Gasteiger partial charge is 0.273 e. The van der Waals surface area contributed by atoms with Crippen LogP contribution in [0, 0.1) is 0 Å². The Hall–Kier alpha value is -1.16. The molecule has 0 bridgehead atoms. The zero-order chi connectivity index (χ0) is 12.5. The van der Waals surface area contributed by atoms with Crippen LogP contribution < -0.4 is 5.43 Å². The molecule has 17 heavy (non-hydrogen) atoms. The molecule has 0 saturated carbocycles. The lowest BCUT2D eigenvalue weighted by atomic mass is 10.2. The van der Waals surface area contributed by atoms with Gasteiger partial charge in [0.05, 0.1) is 6.21 Å². The van der Waals surface area contributed by atoms with Crippen molar-refractivity contribution in [3.05, 3.63) is 34.3 Å². The van der Waals surface area contributed by atoms with Gasteiger partial charge in [-0.1, -0.05) is 47.8 Å². The van der Waals surface area contributed by atoms with E-state index in [0.717, 1.165) is 29.3 Å². The van der Waals surface area contributed by atoms with Crippen LogP contribution in [0.2, 0.25) is 0 Å². The number of benzene rings is 1. The number of hydrogen-bond acceptors (Lipinski definition) is 2. The van der Waals surface area contributed by atoms with E-state index in [0.29, 0.717) is 6.42 Å². The molecule has 0 radical (unpaired) electrons. The van der Waals surface area contributed by atoms with Crippen molar-refractivity contribution < 1.29 is 4.79 Å². The van der Waals surface area contributed by atoms with Crippen LogP contribution in [-0.4, -0.2) is 12.1 Å². The molecule has 1 aromatic rings. The van der Waals surface area contributed by atoms with Crippen molar-refractivity contribution in [2.24, 2.45) is 5.10 Å². The third kappa shape index (κ3) is 6.22. The molecule has 0 aliphatic rings. The summed E-state index contributed by atoms with van der Waals surface area (Å²) in [6, 6.07) is 7.72. The summed E-state index contributed by atoms with van der Waals surface area (Å²) in [6.07, 6.45) is 5.32. The van der Waals surface area contributed by atoms with Gasteiger partial charge in [-0.3, -0.25) is 4.79 Å². The van der Waals surface area contributed by atoms with E-state index in [-0.39, 0.29) is 5.91 Å². The number of unbranched alkanes of at least 4 members (excludes halogenated alkanes) is 2. The van der Waals surface area contributed by atoms with Gasteiger partial charge in [0, 0.05) is 10.9 Å². The van der Waals surface area contributed by atoms with Gasteiger partial charge in [0.1, 0.15) is 0 Å². The highest BCUT2D eigenvalue weighted by Gasteiger charge is 1.97. The molecule has 0 unspecified atom stereocenters. The van der Waals surface area contributed by atoms with Crippen molar-refractivity contribution in [1.29, 1.82) is 0 Å². The molecule has 4 heteroatoms. The van der Waals surface area contributed by atoms with E-state index >= 15 is 0 Å². The maximum Gasteiger partial charge on any atom is 0.240 e. The second-order valence-corrected chi connectivity index (χ2v) is 4.72. The van der Waals surface area contributed by atoms with Crippen LogP contribution in [0.15, 0.2) is 33.8 Å². The average Bonchev–Trinajstić information content (AvgIpc) is 2.32. The summed E-state index contributed by atoms with van der Waals surface area (Å²) >= 11 is 3.36. The maximum atomic E-state index is 11.3. The first kappa shape index (κ1) is 13.9. The number of rotatable bonds is 6. The van der Waals surface area contributed by atoms with Gasteiger partial charge in [-0.05, 0) is 24.1 Å². The summed E-state index contributed by atoms with van der Waals surface area (Å²) in [7, 11) is 0. The molecule has 92 valence electrons. The second kappa shape index (κ2) is 8.01. The van der Waals surface area contributed by atoms with Crippen LogP contribution in [-0.2, 0) is 4.79 Å². The first-order valence-corrected chi connectivity index (χ1v) is 6.59. The standard InChI is InChI=1S/C13H17BrN2O/c1-2-3-4-5-13(17)16-15-10-11-6-8-12(14)9-7-11/h6-10H,2-5H2,1H3,(H,16,17). The predicted molar refractivity (Wildman–Crippen MR) is 74.0 cm³/mol. The molecule has 1 amide bonds. The van der Waals surface area contributed by atoms with Crippen LogP contribution in [0.5, 0.6) is 0 Å². The number of nitrogens with one attached hydrogen (secondary N) is 1. The minimum atomic E-state index is -0.0215. The lowest BCUT2D eigenvalue weighted by Crippen LogP contribution is -2.16. The highest BCUT2D eigenvalue weighted by atomic mass is 79.9. The molecule has 0 aliphatic heterocycles. The number of carbonyl (C=O) groups excluding carboxylic acids is 1. The zero-order valence-electron chi connectivity index (χ0n) is 9.95. The molecular weight excluding hydrogens is 280 g/mol. The molecule has 1 aromatic carbocycles. The Morgan fingerprint density at radius 2 is 2.06 bits per heavy atom. The van der Waals surface area contributed by atoms with Gasteiger partial charge < -0.3 is 0 Å². The number of halogens is 1. The molecule has 0 aromatic heterocycles. The van der Waals surface area contributed by atoms with Crippen LogP contribution >= 0.6 is 15.9 Å². The normalized spacial score (nSPS) is 10.7. The van der Waals surface area contributed by atoms with Gasteiger partial charge in [-0.25, -0.2) is 5.43 Å². The van der Waals surface area contributed by atoms with Crippen molar-refractivity contribution in [2.45, 2.75) is 32.6 Å². The summed E-state index contributed by atoms with van der Waals surface area (Å²) in [6.45, 7) is 2.11. The van der Waals surface area contributed by atoms with Gasteiger partial charge >= 0.3 is 0 Å². The number of hydrogen-bond donors (Lipinski definition) is 1. The third-order valence-corrected chi connectivity index (χ3v) is 2.81. The molecule has 1 rings (SSSR count). The fourth-order valence-electron chi connectivity index (χ4n) is 1.32. The first-order chi connectivity index (χ1) is 8.22. The highest BCUT2D eigenvalue weighted by molar-refractivity contribution is 9.10. The molecule has 1 N–H and O–H groups in total. The van der Waals surface area contributed by atoms with Crippen molar-refractivity contribution in [2.75, 3.05) is 0 Å². The Bertz CT molecular complexity index is 374. The van der Waals surface area contributed by atoms with Crippen molar-refractivity contribution in [3.8, 4) is 0 Å². The van der Waals surface area contributed by atoms with Crippen molar-refractivity contribution in [3.63, 3.8) is 0 Å². The Kier molecular flexibility index (Phi) is 6.55. The Morgan fingerprint density at radius 1 is 1.35 bits per heavy atom. The number of carbonyl (C=O) groups is 1. The fourth-order valence-corrected chi connectivity index (χ4v) is 1.58. The predicted octanol–water partition coefficient (Wildman–Crippen LogP) is 3.48. The molecule has 0 fully saturated rings. The van der Waals surface area contributed by atoms with Crippen LogP contribution in [0.3, 0.4) is 0 Å². The molecule has 0 saturated heterocycles. The topological polar surface area (TPSA) is 41.5 Å². The minimum Gasteiger partial charge on any atom is -0.273 e. The van der Waals surface area contributed by atoms with Gasteiger partial charge in [0.25, 0.3) is 0 Å². The number of nitrogens with zero attached hydrogens (tertiary/aromatic N) is 1. The third-order valence-electron chi connectivity index (χ3n) is 2.28. The Labute approximate surface area is 110 Å². The number of amides is 1. The Balaban J connectivity index is 2.29.